The number of hydrogen-bond acceptors (Lipinski definition) is 5. The fraction of sp³-hybridized carbons (Fsp3) is 0.280. The molecule has 1 aromatic heterocycles. The Morgan fingerprint density at radius 2 is 1.52 bits per heavy atom. The molecule has 2 aromatic carbocycles. The van der Waals surface area contributed by atoms with Crippen LogP contribution >= 0.6 is 0 Å². The summed E-state index contributed by atoms with van der Waals surface area (Å²) < 4.78 is 27.5. The maximum atomic E-state index is 12.8. The van der Waals surface area contributed by atoms with Gasteiger partial charge in [0.25, 0.3) is 0 Å². The Hall–Kier alpha value is -3.23. The third-order valence-corrected chi connectivity index (χ3v) is 6.55. The average molecular weight is 467 g/mol. The number of carbonyl (C=O) groups excluding carboxylic acids is 1. The van der Waals surface area contributed by atoms with Crippen molar-refractivity contribution in [2.75, 3.05) is 11.9 Å². The molecular weight excluding hydrogens is 436 g/mol. The third-order valence-electron chi connectivity index (χ3n) is 5.12. The third kappa shape index (κ3) is 8.67. The monoisotopic (exact) mass is 466 g/mol. The molecule has 33 heavy (non-hydrogen) atoms. The molecule has 3 rings (SSSR count). The minimum absolute atomic E-state index is 0.157. The van der Waals surface area contributed by atoms with Crippen LogP contribution in [0.2, 0.25) is 0 Å². The largest absolute Gasteiger partial charge is 0.385 e. The van der Waals surface area contributed by atoms with Crippen molar-refractivity contribution in [1.29, 1.82) is 0 Å². The molecule has 0 saturated heterocycles. The fourth-order valence-electron chi connectivity index (χ4n) is 3.47. The number of aromatic nitrogens is 1. The standard InChI is InChI=1S/C25H30N4O3S/c1-20(29-33(31,32)19-22-10-6-3-7-11-22)25(30)28-24(18-21-8-4-2-5-9-21)14-17-27-23-12-15-26-16-13-23/h2-13,15-16,20,24,29H,14,17-19H2,1H3,(H,26,27)(H,28,30)/t20-,24+/m0/s1. The summed E-state index contributed by atoms with van der Waals surface area (Å²) >= 11 is 0. The van der Waals surface area contributed by atoms with Crippen LogP contribution in [-0.4, -0.2) is 37.9 Å². The number of rotatable bonds is 12. The second-order valence-corrected chi connectivity index (χ2v) is 9.68. The van der Waals surface area contributed by atoms with Crippen molar-refractivity contribution in [1.82, 2.24) is 15.0 Å². The van der Waals surface area contributed by atoms with Gasteiger partial charge in [0.05, 0.1) is 11.8 Å². The molecule has 0 bridgehead atoms. The van der Waals surface area contributed by atoms with Crippen LogP contribution in [0, 0.1) is 0 Å². The van der Waals surface area contributed by atoms with Gasteiger partial charge in [0.2, 0.25) is 15.9 Å². The van der Waals surface area contributed by atoms with Crippen molar-refractivity contribution in [3.63, 3.8) is 0 Å². The second-order valence-electron chi connectivity index (χ2n) is 7.93. The molecule has 0 aliphatic rings. The lowest BCUT2D eigenvalue weighted by molar-refractivity contribution is -0.123. The number of nitrogens with zero attached hydrogens (tertiary/aromatic N) is 1. The molecule has 8 heteroatoms. The molecular formula is C25H30N4O3S. The normalized spacial score (nSPS) is 13.1. The number of anilines is 1. The molecule has 0 saturated carbocycles. The van der Waals surface area contributed by atoms with Gasteiger partial charge in [-0.3, -0.25) is 9.78 Å². The van der Waals surface area contributed by atoms with Gasteiger partial charge in [-0.15, -0.1) is 0 Å². The van der Waals surface area contributed by atoms with E-state index in [0.29, 0.717) is 24.9 Å². The molecule has 2 atom stereocenters. The van der Waals surface area contributed by atoms with E-state index in [1.807, 2.05) is 48.5 Å². The zero-order valence-electron chi connectivity index (χ0n) is 18.6. The van der Waals surface area contributed by atoms with E-state index in [-0.39, 0.29) is 17.7 Å². The van der Waals surface area contributed by atoms with E-state index in [2.05, 4.69) is 20.3 Å². The lowest BCUT2D eigenvalue weighted by Gasteiger charge is -2.22. The van der Waals surface area contributed by atoms with Crippen LogP contribution < -0.4 is 15.4 Å². The van der Waals surface area contributed by atoms with Crippen LogP contribution in [0.4, 0.5) is 5.69 Å². The highest BCUT2D eigenvalue weighted by Gasteiger charge is 2.23. The molecule has 0 radical (unpaired) electrons. The van der Waals surface area contributed by atoms with E-state index in [9.17, 15) is 13.2 Å². The number of carbonyl (C=O) groups is 1. The van der Waals surface area contributed by atoms with Gasteiger partial charge in [0.15, 0.2) is 0 Å². The van der Waals surface area contributed by atoms with Crippen LogP contribution in [0.25, 0.3) is 0 Å². The zero-order chi connectivity index (χ0) is 23.5. The Morgan fingerprint density at radius 1 is 0.909 bits per heavy atom. The number of nitrogens with one attached hydrogen (secondary N) is 3. The summed E-state index contributed by atoms with van der Waals surface area (Å²) in [7, 11) is -3.66. The van der Waals surface area contributed by atoms with Crippen molar-refractivity contribution in [3.8, 4) is 0 Å². The molecule has 3 N–H and O–H groups in total. The van der Waals surface area contributed by atoms with E-state index < -0.39 is 16.1 Å². The minimum atomic E-state index is -3.66. The predicted octanol–water partition coefficient (Wildman–Crippen LogP) is 3.12. The summed E-state index contributed by atoms with van der Waals surface area (Å²) in [5, 5.41) is 6.35. The van der Waals surface area contributed by atoms with Gasteiger partial charge >= 0.3 is 0 Å². The predicted molar refractivity (Wildman–Crippen MR) is 131 cm³/mol. The number of amides is 1. The van der Waals surface area contributed by atoms with Crippen LogP contribution in [0.15, 0.2) is 85.2 Å². The molecule has 0 fully saturated rings. The van der Waals surface area contributed by atoms with Crippen molar-refractivity contribution < 1.29 is 13.2 Å². The summed E-state index contributed by atoms with van der Waals surface area (Å²) in [5.74, 6) is -0.522. The first-order valence-electron chi connectivity index (χ1n) is 10.9. The van der Waals surface area contributed by atoms with Gasteiger partial charge in [-0.25, -0.2) is 13.1 Å². The zero-order valence-corrected chi connectivity index (χ0v) is 19.5. The van der Waals surface area contributed by atoms with Gasteiger partial charge in [0.1, 0.15) is 0 Å². The molecule has 7 nitrogen and oxygen atoms in total. The number of pyridine rings is 1. The maximum Gasteiger partial charge on any atom is 0.238 e. The first-order valence-corrected chi connectivity index (χ1v) is 12.6. The molecule has 1 heterocycles. The molecule has 0 spiro atoms. The van der Waals surface area contributed by atoms with Crippen molar-refractivity contribution >= 4 is 21.6 Å². The second kappa shape index (κ2) is 12.1. The van der Waals surface area contributed by atoms with Crippen molar-refractivity contribution in [2.24, 2.45) is 0 Å². The number of hydrogen-bond donors (Lipinski definition) is 3. The van der Waals surface area contributed by atoms with Gasteiger partial charge in [-0.2, -0.15) is 0 Å². The highest BCUT2D eigenvalue weighted by Crippen LogP contribution is 2.09. The van der Waals surface area contributed by atoms with Gasteiger partial charge in [-0.05, 0) is 43.0 Å². The maximum absolute atomic E-state index is 12.8. The lowest BCUT2D eigenvalue weighted by Crippen LogP contribution is -2.49. The van der Waals surface area contributed by atoms with E-state index in [0.717, 1.165) is 11.3 Å². The summed E-state index contributed by atoms with van der Waals surface area (Å²) in [6.07, 6.45) is 4.75. The van der Waals surface area contributed by atoms with Crippen molar-refractivity contribution in [3.05, 3.63) is 96.3 Å². The quantitative estimate of drug-likeness (QED) is 0.381. The first kappa shape index (κ1) is 24.4. The van der Waals surface area contributed by atoms with Crippen LogP contribution in [0.3, 0.4) is 0 Å². The van der Waals surface area contributed by atoms with Crippen molar-refractivity contribution in [2.45, 2.75) is 37.6 Å². The lowest BCUT2D eigenvalue weighted by atomic mass is 10.0. The summed E-state index contributed by atoms with van der Waals surface area (Å²) in [6, 6.07) is 21.5. The number of sulfonamides is 1. The molecule has 0 unspecified atom stereocenters. The highest BCUT2D eigenvalue weighted by molar-refractivity contribution is 7.88. The Morgan fingerprint density at radius 3 is 2.15 bits per heavy atom. The minimum Gasteiger partial charge on any atom is -0.385 e. The number of benzene rings is 2. The van der Waals surface area contributed by atoms with Gasteiger partial charge < -0.3 is 10.6 Å². The van der Waals surface area contributed by atoms with E-state index >= 15 is 0 Å². The van der Waals surface area contributed by atoms with Gasteiger partial charge in [-0.1, -0.05) is 60.7 Å². The summed E-state index contributed by atoms with van der Waals surface area (Å²) in [4.78, 5) is 16.8. The molecule has 174 valence electrons. The molecule has 0 aliphatic heterocycles. The Labute approximate surface area is 195 Å². The average Bonchev–Trinajstić information content (AvgIpc) is 2.80. The smallest absolute Gasteiger partial charge is 0.238 e. The van der Waals surface area contributed by atoms with E-state index in [4.69, 9.17) is 0 Å². The molecule has 0 aliphatic carbocycles. The van der Waals surface area contributed by atoms with E-state index in [1.165, 1.54) is 0 Å². The SMILES string of the molecule is C[C@H](NS(=O)(=O)Cc1ccccc1)C(=O)N[C@H](CCNc1ccncc1)Cc1ccccc1. The van der Waals surface area contributed by atoms with Crippen LogP contribution in [0.5, 0.6) is 0 Å². The Balaban J connectivity index is 1.58. The fourth-order valence-corrected chi connectivity index (χ4v) is 4.83. The van der Waals surface area contributed by atoms with Gasteiger partial charge in [0, 0.05) is 30.7 Å². The molecule has 3 aromatic rings. The molecule has 1 amide bonds. The van der Waals surface area contributed by atoms with E-state index in [1.54, 1.807) is 43.6 Å². The summed E-state index contributed by atoms with van der Waals surface area (Å²) in [6.45, 7) is 2.21. The highest BCUT2D eigenvalue weighted by atomic mass is 32.2. The summed E-state index contributed by atoms with van der Waals surface area (Å²) in [5.41, 5.74) is 2.72. The van der Waals surface area contributed by atoms with Crippen LogP contribution in [-0.2, 0) is 27.0 Å². The Kier molecular flexibility index (Phi) is 8.97. The Bertz CT molecular complexity index is 1090. The first-order chi connectivity index (χ1) is 15.9. The van der Waals surface area contributed by atoms with Crippen LogP contribution in [0.1, 0.15) is 24.5 Å². The topological polar surface area (TPSA) is 100 Å².